The second-order valence-electron chi connectivity index (χ2n) is 5.62. The first-order valence-electron chi connectivity index (χ1n) is 8.15. The molecule has 0 radical (unpaired) electrons. The fraction of sp³-hybridized carbons (Fsp3) is 0.263. The van der Waals surface area contributed by atoms with Crippen molar-refractivity contribution >= 4 is 23.4 Å². The predicted molar refractivity (Wildman–Crippen MR) is 102 cm³/mol. The lowest BCUT2D eigenvalue weighted by molar-refractivity contribution is 0.288. The van der Waals surface area contributed by atoms with E-state index < -0.39 is 0 Å². The molecule has 0 saturated heterocycles. The van der Waals surface area contributed by atoms with E-state index in [-0.39, 0.29) is 0 Å². The first-order valence-corrected chi connectivity index (χ1v) is 9.51. The fourth-order valence-corrected chi connectivity index (χ4v) is 3.70. The Bertz CT molecular complexity index is 833. The van der Waals surface area contributed by atoms with Crippen LogP contribution >= 0.6 is 23.4 Å². The number of thioether (sulfide) groups is 1. The van der Waals surface area contributed by atoms with Crippen molar-refractivity contribution in [1.82, 2.24) is 14.8 Å². The smallest absolute Gasteiger partial charge is 0.191 e. The van der Waals surface area contributed by atoms with Crippen molar-refractivity contribution in [3.05, 3.63) is 70.5 Å². The van der Waals surface area contributed by atoms with E-state index in [9.17, 15) is 0 Å². The van der Waals surface area contributed by atoms with Crippen molar-refractivity contribution in [2.24, 2.45) is 0 Å². The maximum absolute atomic E-state index is 6.22. The van der Waals surface area contributed by atoms with Crippen LogP contribution in [0.3, 0.4) is 0 Å². The largest absolute Gasteiger partial charge is 0.486 e. The van der Waals surface area contributed by atoms with Gasteiger partial charge in [-0.2, -0.15) is 0 Å². The number of benzene rings is 2. The third-order valence-corrected chi connectivity index (χ3v) is 5.20. The highest BCUT2D eigenvalue weighted by Crippen LogP contribution is 2.26. The summed E-state index contributed by atoms with van der Waals surface area (Å²) in [5.41, 5.74) is 2.31. The Morgan fingerprint density at radius 3 is 2.56 bits per heavy atom. The van der Waals surface area contributed by atoms with Crippen LogP contribution in [-0.4, -0.2) is 14.8 Å². The number of halogens is 1. The third-order valence-electron chi connectivity index (χ3n) is 3.81. The molecular formula is C19H20ClN3OS. The molecule has 0 N–H and O–H groups in total. The Hall–Kier alpha value is -1.98. The fourth-order valence-electron chi connectivity index (χ4n) is 2.39. The maximum Gasteiger partial charge on any atom is 0.191 e. The molecule has 25 heavy (non-hydrogen) atoms. The molecular weight excluding hydrogens is 354 g/mol. The highest BCUT2D eigenvalue weighted by molar-refractivity contribution is 7.98. The monoisotopic (exact) mass is 373 g/mol. The molecule has 0 saturated carbocycles. The molecule has 1 aromatic heterocycles. The van der Waals surface area contributed by atoms with Gasteiger partial charge in [0.05, 0.1) is 0 Å². The molecule has 0 aliphatic heterocycles. The molecule has 0 amide bonds. The average Bonchev–Trinajstić information content (AvgIpc) is 3.02. The summed E-state index contributed by atoms with van der Waals surface area (Å²) in [6.45, 7) is 5.33. The summed E-state index contributed by atoms with van der Waals surface area (Å²) >= 11 is 7.85. The normalized spacial score (nSPS) is 10.8. The van der Waals surface area contributed by atoms with Crippen LogP contribution in [0.25, 0.3) is 0 Å². The van der Waals surface area contributed by atoms with Gasteiger partial charge in [-0.25, -0.2) is 0 Å². The SMILES string of the molecule is CCn1c(COc2ccc(C)cc2)nnc1SCc1ccccc1Cl. The van der Waals surface area contributed by atoms with Crippen molar-refractivity contribution in [1.29, 1.82) is 0 Å². The number of aryl methyl sites for hydroxylation is 1. The van der Waals surface area contributed by atoms with Gasteiger partial charge in [0.15, 0.2) is 11.0 Å². The van der Waals surface area contributed by atoms with Crippen molar-refractivity contribution in [2.45, 2.75) is 37.9 Å². The molecule has 3 rings (SSSR count). The first-order chi connectivity index (χ1) is 12.2. The Balaban J connectivity index is 1.66. The average molecular weight is 374 g/mol. The summed E-state index contributed by atoms with van der Waals surface area (Å²) in [5, 5.41) is 10.3. The van der Waals surface area contributed by atoms with E-state index in [0.29, 0.717) is 6.61 Å². The van der Waals surface area contributed by atoms with Gasteiger partial charge in [0.25, 0.3) is 0 Å². The Morgan fingerprint density at radius 1 is 1.08 bits per heavy atom. The molecule has 130 valence electrons. The highest BCUT2D eigenvalue weighted by atomic mass is 35.5. The van der Waals surface area contributed by atoms with Gasteiger partial charge in [0.1, 0.15) is 12.4 Å². The van der Waals surface area contributed by atoms with Crippen LogP contribution < -0.4 is 4.74 Å². The Labute approximate surface area is 157 Å². The lowest BCUT2D eigenvalue weighted by atomic mass is 10.2. The van der Waals surface area contributed by atoms with Gasteiger partial charge in [0.2, 0.25) is 0 Å². The second-order valence-corrected chi connectivity index (χ2v) is 6.97. The molecule has 6 heteroatoms. The molecule has 4 nitrogen and oxygen atoms in total. The molecule has 0 aliphatic rings. The number of aromatic nitrogens is 3. The third kappa shape index (κ3) is 4.55. The minimum Gasteiger partial charge on any atom is -0.486 e. The molecule has 3 aromatic rings. The summed E-state index contributed by atoms with van der Waals surface area (Å²) in [7, 11) is 0. The molecule has 0 bridgehead atoms. The van der Waals surface area contributed by atoms with Crippen LogP contribution in [0.2, 0.25) is 5.02 Å². The molecule has 2 aromatic carbocycles. The van der Waals surface area contributed by atoms with E-state index in [1.807, 2.05) is 48.5 Å². The van der Waals surface area contributed by atoms with Crippen LogP contribution in [0.5, 0.6) is 5.75 Å². The molecule has 0 aliphatic carbocycles. The standard InChI is InChI=1S/C19H20ClN3OS/c1-3-23-18(12-24-16-10-8-14(2)9-11-16)21-22-19(23)25-13-15-6-4-5-7-17(15)20/h4-11H,3,12-13H2,1-2H3. The zero-order chi connectivity index (χ0) is 17.6. The van der Waals surface area contributed by atoms with E-state index in [1.54, 1.807) is 11.8 Å². The lowest BCUT2D eigenvalue weighted by Gasteiger charge is -2.09. The summed E-state index contributed by atoms with van der Waals surface area (Å²) in [4.78, 5) is 0. The quantitative estimate of drug-likeness (QED) is 0.538. The molecule has 0 unspecified atom stereocenters. The van der Waals surface area contributed by atoms with Crippen molar-refractivity contribution < 1.29 is 4.74 Å². The molecule has 0 fully saturated rings. The highest BCUT2D eigenvalue weighted by Gasteiger charge is 2.12. The number of hydrogen-bond acceptors (Lipinski definition) is 4. The number of ether oxygens (including phenoxy) is 1. The molecule has 0 spiro atoms. The van der Waals surface area contributed by atoms with E-state index in [2.05, 4.69) is 28.6 Å². The van der Waals surface area contributed by atoms with E-state index in [1.165, 1.54) is 5.56 Å². The van der Waals surface area contributed by atoms with Gasteiger partial charge >= 0.3 is 0 Å². The summed E-state index contributed by atoms with van der Waals surface area (Å²) in [6.07, 6.45) is 0. The number of hydrogen-bond donors (Lipinski definition) is 0. The van der Waals surface area contributed by atoms with Gasteiger partial charge in [-0.05, 0) is 37.6 Å². The van der Waals surface area contributed by atoms with Crippen LogP contribution in [0.15, 0.2) is 53.7 Å². The van der Waals surface area contributed by atoms with E-state index in [4.69, 9.17) is 16.3 Å². The Morgan fingerprint density at radius 2 is 1.84 bits per heavy atom. The minimum atomic E-state index is 0.399. The van der Waals surface area contributed by atoms with Gasteiger partial charge in [0, 0.05) is 17.3 Å². The van der Waals surface area contributed by atoms with Crippen LogP contribution in [0, 0.1) is 6.92 Å². The van der Waals surface area contributed by atoms with Crippen LogP contribution in [0.1, 0.15) is 23.9 Å². The van der Waals surface area contributed by atoms with Crippen molar-refractivity contribution in [2.75, 3.05) is 0 Å². The maximum atomic E-state index is 6.22. The minimum absolute atomic E-state index is 0.399. The predicted octanol–water partition coefficient (Wildman–Crippen LogP) is 5.13. The molecule has 0 atom stereocenters. The van der Waals surface area contributed by atoms with Crippen molar-refractivity contribution in [3.63, 3.8) is 0 Å². The molecule has 1 heterocycles. The van der Waals surface area contributed by atoms with Gasteiger partial charge < -0.3 is 9.30 Å². The van der Waals surface area contributed by atoms with Gasteiger partial charge in [-0.15, -0.1) is 10.2 Å². The Kier molecular flexibility index (Phi) is 6.00. The summed E-state index contributed by atoms with van der Waals surface area (Å²) in [6, 6.07) is 15.9. The lowest BCUT2D eigenvalue weighted by Crippen LogP contribution is -2.07. The van der Waals surface area contributed by atoms with Gasteiger partial charge in [-0.1, -0.05) is 59.3 Å². The summed E-state index contributed by atoms with van der Waals surface area (Å²) in [5.74, 6) is 2.42. The van der Waals surface area contributed by atoms with Crippen molar-refractivity contribution in [3.8, 4) is 5.75 Å². The van der Waals surface area contributed by atoms with Gasteiger partial charge in [-0.3, -0.25) is 0 Å². The topological polar surface area (TPSA) is 39.9 Å². The summed E-state index contributed by atoms with van der Waals surface area (Å²) < 4.78 is 7.91. The van der Waals surface area contributed by atoms with E-state index in [0.717, 1.165) is 39.6 Å². The number of rotatable bonds is 7. The zero-order valence-electron chi connectivity index (χ0n) is 14.3. The van der Waals surface area contributed by atoms with E-state index >= 15 is 0 Å². The zero-order valence-corrected chi connectivity index (χ0v) is 15.8. The second kappa shape index (κ2) is 8.41. The van der Waals surface area contributed by atoms with Crippen LogP contribution in [-0.2, 0) is 18.9 Å². The number of nitrogens with zero attached hydrogens (tertiary/aromatic N) is 3. The van der Waals surface area contributed by atoms with Crippen LogP contribution in [0.4, 0.5) is 0 Å². The first kappa shape index (κ1) is 17.8.